The highest BCUT2D eigenvalue weighted by molar-refractivity contribution is 5.97. The summed E-state index contributed by atoms with van der Waals surface area (Å²) >= 11 is 0. The van der Waals surface area contributed by atoms with Crippen LogP contribution in [0.4, 0.5) is 5.69 Å². The van der Waals surface area contributed by atoms with E-state index in [4.69, 9.17) is 0 Å². The van der Waals surface area contributed by atoms with Crippen LogP contribution in [-0.2, 0) is 9.59 Å². The Morgan fingerprint density at radius 3 is 2.63 bits per heavy atom. The summed E-state index contributed by atoms with van der Waals surface area (Å²) in [6.45, 7) is 3.80. The number of carbonyl (C=O) groups excluding carboxylic acids is 2. The quantitative estimate of drug-likeness (QED) is 0.901. The van der Waals surface area contributed by atoms with E-state index in [1.54, 1.807) is 0 Å². The van der Waals surface area contributed by atoms with Gasteiger partial charge in [-0.15, -0.1) is 0 Å². The molecule has 0 fully saturated rings. The van der Waals surface area contributed by atoms with Crippen molar-refractivity contribution in [3.05, 3.63) is 29.8 Å². The average molecular weight is 259 g/mol. The molecule has 100 valence electrons. The van der Waals surface area contributed by atoms with Crippen molar-refractivity contribution in [1.29, 1.82) is 0 Å². The third kappa shape index (κ3) is 3.64. The van der Waals surface area contributed by atoms with Gasteiger partial charge in [-0.25, -0.2) is 5.01 Å². The molecule has 0 radical (unpaired) electrons. The molecule has 0 unspecified atom stereocenters. The van der Waals surface area contributed by atoms with Gasteiger partial charge in [-0.2, -0.15) is 5.10 Å². The molecule has 1 aromatic rings. The second-order valence-corrected chi connectivity index (χ2v) is 4.70. The van der Waals surface area contributed by atoms with Gasteiger partial charge in [0.1, 0.15) is 6.54 Å². The maximum atomic E-state index is 11.8. The Morgan fingerprint density at radius 2 is 1.95 bits per heavy atom. The van der Waals surface area contributed by atoms with E-state index >= 15 is 0 Å². The van der Waals surface area contributed by atoms with Gasteiger partial charge >= 0.3 is 0 Å². The lowest BCUT2D eigenvalue weighted by Gasteiger charge is -2.21. The fraction of sp³-hybridized carbons (Fsp3) is 0.357. The van der Waals surface area contributed by atoms with Gasteiger partial charge in [0, 0.05) is 17.8 Å². The molecule has 1 aliphatic heterocycles. The molecule has 1 heterocycles. The van der Waals surface area contributed by atoms with E-state index in [0.29, 0.717) is 12.8 Å². The summed E-state index contributed by atoms with van der Waals surface area (Å²) in [5, 5.41) is 8.09. The third-order valence-electron chi connectivity index (χ3n) is 2.91. The first-order valence-electron chi connectivity index (χ1n) is 6.25. The van der Waals surface area contributed by atoms with E-state index in [0.717, 1.165) is 17.0 Å². The molecule has 2 rings (SSSR count). The van der Waals surface area contributed by atoms with Crippen molar-refractivity contribution in [3.63, 3.8) is 0 Å². The number of nitrogens with one attached hydrogen (secondary N) is 1. The van der Waals surface area contributed by atoms with Gasteiger partial charge < -0.3 is 5.32 Å². The van der Waals surface area contributed by atoms with Gasteiger partial charge in [0.25, 0.3) is 0 Å². The summed E-state index contributed by atoms with van der Waals surface area (Å²) in [4.78, 5) is 23.5. The number of carbonyl (C=O) groups is 2. The Balaban J connectivity index is 1.96. The van der Waals surface area contributed by atoms with E-state index in [1.165, 1.54) is 5.01 Å². The van der Waals surface area contributed by atoms with Crippen LogP contribution in [0.5, 0.6) is 0 Å². The first kappa shape index (κ1) is 13.3. The van der Waals surface area contributed by atoms with Crippen LogP contribution in [0.25, 0.3) is 0 Å². The van der Waals surface area contributed by atoms with Crippen molar-refractivity contribution in [2.45, 2.75) is 26.7 Å². The third-order valence-corrected chi connectivity index (χ3v) is 2.91. The number of rotatable bonds is 3. The molecule has 0 atom stereocenters. The van der Waals surface area contributed by atoms with Crippen LogP contribution in [-0.4, -0.2) is 29.1 Å². The maximum absolute atomic E-state index is 11.8. The zero-order valence-corrected chi connectivity index (χ0v) is 11.1. The van der Waals surface area contributed by atoms with Crippen LogP contribution in [0.2, 0.25) is 0 Å². The van der Waals surface area contributed by atoms with Crippen molar-refractivity contribution in [2.75, 3.05) is 11.9 Å². The van der Waals surface area contributed by atoms with Crippen molar-refractivity contribution in [2.24, 2.45) is 5.10 Å². The summed E-state index contributed by atoms with van der Waals surface area (Å²) in [7, 11) is 0. The Kier molecular flexibility index (Phi) is 3.94. The Bertz CT molecular complexity index is 520. The summed E-state index contributed by atoms with van der Waals surface area (Å²) in [5.74, 6) is -0.347. The zero-order chi connectivity index (χ0) is 13.8. The predicted molar refractivity (Wildman–Crippen MR) is 73.9 cm³/mol. The number of nitrogens with zero attached hydrogens (tertiary/aromatic N) is 2. The summed E-state index contributed by atoms with van der Waals surface area (Å²) in [6, 6.07) is 7.51. The molecule has 0 saturated carbocycles. The van der Waals surface area contributed by atoms with Gasteiger partial charge in [-0.3, -0.25) is 9.59 Å². The molecule has 0 aliphatic carbocycles. The van der Waals surface area contributed by atoms with Gasteiger partial charge in [-0.05, 0) is 32.4 Å². The molecule has 5 heteroatoms. The second-order valence-electron chi connectivity index (χ2n) is 4.70. The van der Waals surface area contributed by atoms with Crippen molar-refractivity contribution >= 4 is 23.2 Å². The van der Waals surface area contributed by atoms with Crippen molar-refractivity contribution in [1.82, 2.24) is 5.01 Å². The average Bonchev–Trinajstić information content (AvgIpc) is 2.37. The first-order valence-corrected chi connectivity index (χ1v) is 6.25. The van der Waals surface area contributed by atoms with Crippen LogP contribution in [0.15, 0.2) is 29.4 Å². The van der Waals surface area contributed by atoms with E-state index in [2.05, 4.69) is 10.4 Å². The van der Waals surface area contributed by atoms with Crippen LogP contribution >= 0.6 is 0 Å². The number of amides is 2. The summed E-state index contributed by atoms with van der Waals surface area (Å²) < 4.78 is 0. The topological polar surface area (TPSA) is 61.8 Å². The number of hydrazone groups is 1. The van der Waals surface area contributed by atoms with E-state index in [-0.39, 0.29) is 18.4 Å². The van der Waals surface area contributed by atoms with E-state index in [1.807, 2.05) is 38.1 Å². The SMILES string of the molecule is CC1=NN(CC(=O)Nc2ccc(C)cc2)C(=O)CC1. The van der Waals surface area contributed by atoms with E-state index < -0.39 is 0 Å². The number of benzene rings is 1. The van der Waals surface area contributed by atoms with Crippen LogP contribution in [0, 0.1) is 6.92 Å². The fourth-order valence-corrected chi connectivity index (χ4v) is 1.83. The Morgan fingerprint density at radius 1 is 1.26 bits per heavy atom. The minimum Gasteiger partial charge on any atom is -0.324 e. The van der Waals surface area contributed by atoms with Crippen LogP contribution in [0.1, 0.15) is 25.3 Å². The van der Waals surface area contributed by atoms with Crippen LogP contribution in [0.3, 0.4) is 0 Å². The molecule has 0 spiro atoms. The number of hydrogen-bond acceptors (Lipinski definition) is 3. The lowest BCUT2D eigenvalue weighted by molar-refractivity contribution is -0.135. The fourth-order valence-electron chi connectivity index (χ4n) is 1.83. The zero-order valence-electron chi connectivity index (χ0n) is 11.1. The lowest BCUT2D eigenvalue weighted by Crippen LogP contribution is -2.37. The highest BCUT2D eigenvalue weighted by Crippen LogP contribution is 2.11. The minimum atomic E-state index is -0.240. The number of aryl methyl sites for hydroxylation is 1. The standard InChI is InChI=1S/C14H17N3O2/c1-10-3-6-12(7-4-10)15-13(18)9-17-14(19)8-5-11(2)16-17/h3-4,6-7H,5,8-9H2,1-2H3,(H,15,18). The lowest BCUT2D eigenvalue weighted by atomic mass is 10.2. The van der Waals surface area contributed by atoms with Crippen molar-refractivity contribution < 1.29 is 9.59 Å². The number of hydrogen-bond donors (Lipinski definition) is 1. The number of anilines is 1. The van der Waals surface area contributed by atoms with Gasteiger partial charge in [0.15, 0.2) is 0 Å². The second kappa shape index (κ2) is 5.65. The van der Waals surface area contributed by atoms with Gasteiger partial charge in [0.2, 0.25) is 11.8 Å². The van der Waals surface area contributed by atoms with Gasteiger partial charge in [-0.1, -0.05) is 17.7 Å². The molecule has 1 N–H and O–H groups in total. The van der Waals surface area contributed by atoms with Gasteiger partial charge in [0.05, 0.1) is 0 Å². The molecule has 1 aliphatic rings. The Labute approximate surface area is 112 Å². The summed E-state index contributed by atoms with van der Waals surface area (Å²) in [6.07, 6.45) is 1.10. The Hall–Kier alpha value is -2.17. The highest BCUT2D eigenvalue weighted by Gasteiger charge is 2.20. The smallest absolute Gasteiger partial charge is 0.246 e. The normalized spacial score (nSPS) is 15.2. The molecule has 0 aromatic heterocycles. The largest absolute Gasteiger partial charge is 0.324 e. The molecule has 1 aromatic carbocycles. The van der Waals surface area contributed by atoms with Crippen molar-refractivity contribution in [3.8, 4) is 0 Å². The molecular weight excluding hydrogens is 242 g/mol. The monoisotopic (exact) mass is 259 g/mol. The molecular formula is C14H17N3O2. The predicted octanol–water partition coefficient (Wildman–Crippen LogP) is 1.93. The molecule has 5 nitrogen and oxygen atoms in total. The summed E-state index contributed by atoms with van der Waals surface area (Å²) in [5.41, 5.74) is 2.73. The van der Waals surface area contributed by atoms with Crippen LogP contribution < -0.4 is 5.32 Å². The highest BCUT2D eigenvalue weighted by atomic mass is 16.2. The molecule has 0 saturated heterocycles. The molecule has 19 heavy (non-hydrogen) atoms. The minimum absolute atomic E-state index is 0.0376. The van der Waals surface area contributed by atoms with E-state index in [9.17, 15) is 9.59 Å². The molecule has 2 amide bonds. The molecule has 0 bridgehead atoms. The maximum Gasteiger partial charge on any atom is 0.246 e. The first-order chi connectivity index (χ1) is 9.04.